The molecule has 1 saturated heterocycles. The average molecular weight is 171 g/mol. The molecule has 2 fully saturated rings. The van der Waals surface area contributed by atoms with E-state index in [0.29, 0.717) is 0 Å². The minimum Gasteiger partial charge on any atom is -0.313 e. The van der Waals surface area contributed by atoms with Crippen molar-refractivity contribution >= 4 is 11.8 Å². The summed E-state index contributed by atoms with van der Waals surface area (Å²) in [5.41, 5.74) is 0. The second kappa shape index (κ2) is 3.81. The van der Waals surface area contributed by atoms with Gasteiger partial charge in [0.15, 0.2) is 0 Å². The maximum atomic E-state index is 3.54. The molecule has 0 aromatic carbocycles. The van der Waals surface area contributed by atoms with Crippen LogP contribution in [0.3, 0.4) is 0 Å². The van der Waals surface area contributed by atoms with Gasteiger partial charge in [-0.25, -0.2) is 0 Å². The van der Waals surface area contributed by atoms with Crippen LogP contribution >= 0.6 is 11.8 Å². The van der Waals surface area contributed by atoms with Crippen LogP contribution in [0.25, 0.3) is 0 Å². The van der Waals surface area contributed by atoms with Gasteiger partial charge < -0.3 is 5.32 Å². The molecule has 1 N–H and O–H groups in total. The Balaban J connectivity index is 1.57. The van der Waals surface area contributed by atoms with Gasteiger partial charge in [-0.3, -0.25) is 0 Å². The van der Waals surface area contributed by atoms with E-state index in [1.165, 1.54) is 44.4 Å². The normalized spacial score (nSPS) is 32.2. The lowest BCUT2D eigenvalue weighted by Crippen LogP contribution is -2.26. The Morgan fingerprint density at radius 1 is 1.18 bits per heavy atom. The number of thioether (sulfide) groups is 1. The zero-order valence-electron chi connectivity index (χ0n) is 7.01. The van der Waals surface area contributed by atoms with Crippen molar-refractivity contribution in [2.75, 3.05) is 12.3 Å². The lowest BCUT2D eigenvalue weighted by molar-refractivity contribution is 0.520. The molecule has 2 rings (SSSR count). The summed E-state index contributed by atoms with van der Waals surface area (Å²) >= 11 is 2.20. The molecule has 1 saturated carbocycles. The zero-order chi connectivity index (χ0) is 7.52. The van der Waals surface area contributed by atoms with E-state index in [-0.39, 0.29) is 0 Å². The van der Waals surface area contributed by atoms with Crippen LogP contribution in [-0.4, -0.2) is 23.6 Å². The minimum absolute atomic E-state index is 0.848. The quantitative estimate of drug-likeness (QED) is 0.697. The van der Waals surface area contributed by atoms with E-state index in [0.717, 1.165) is 11.3 Å². The minimum atomic E-state index is 0.848. The van der Waals surface area contributed by atoms with Crippen LogP contribution in [-0.2, 0) is 0 Å². The summed E-state index contributed by atoms with van der Waals surface area (Å²) in [5.74, 6) is 1.37. The lowest BCUT2D eigenvalue weighted by Gasteiger charge is -2.25. The highest BCUT2D eigenvalue weighted by Crippen LogP contribution is 2.32. The summed E-state index contributed by atoms with van der Waals surface area (Å²) < 4.78 is 0. The highest BCUT2D eigenvalue weighted by molar-refractivity contribution is 8.00. The lowest BCUT2D eigenvalue weighted by atomic mass is 10.0. The largest absolute Gasteiger partial charge is 0.313 e. The van der Waals surface area contributed by atoms with Crippen LogP contribution in [0.2, 0.25) is 0 Å². The van der Waals surface area contributed by atoms with Crippen LogP contribution in [0.15, 0.2) is 0 Å². The predicted octanol–water partition coefficient (Wildman–Crippen LogP) is 2.02. The summed E-state index contributed by atoms with van der Waals surface area (Å²) in [6.45, 7) is 1.26. The van der Waals surface area contributed by atoms with Crippen molar-refractivity contribution in [2.45, 2.75) is 43.4 Å². The smallest absolute Gasteiger partial charge is 0.0158 e. The van der Waals surface area contributed by atoms with Crippen LogP contribution < -0.4 is 5.32 Å². The van der Waals surface area contributed by atoms with Gasteiger partial charge in [0.2, 0.25) is 0 Å². The van der Waals surface area contributed by atoms with Crippen LogP contribution in [0.4, 0.5) is 0 Å². The summed E-state index contributed by atoms with van der Waals surface area (Å²) in [6.07, 6.45) is 7.26. The summed E-state index contributed by atoms with van der Waals surface area (Å²) in [6, 6.07) is 0.848. The first-order valence-electron chi connectivity index (χ1n) is 4.80. The van der Waals surface area contributed by atoms with Gasteiger partial charge >= 0.3 is 0 Å². The zero-order valence-corrected chi connectivity index (χ0v) is 7.83. The van der Waals surface area contributed by atoms with Gasteiger partial charge in [-0.2, -0.15) is 11.8 Å². The first kappa shape index (κ1) is 7.93. The van der Waals surface area contributed by atoms with Crippen LogP contribution in [0.5, 0.6) is 0 Å². The second-order valence-electron chi connectivity index (χ2n) is 3.68. The molecule has 64 valence electrons. The Labute approximate surface area is 73.3 Å². The molecule has 2 heteroatoms. The monoisotopic (exact) mass is 171 g/mol. The first-order valence-corrected chi connectivity index (χ1v) is 5.85. The van der Waals surface area contributed by atoms with Gasteiger partial charge in [-0.05, 0) is 32.2 Å². The maximum absolute atomic E-state index is 3.54. The molecule has 0 bridgehead atoms. The van der Waals surface area contributed by atoms with Gasteiger partial charge in [-0.15, -0.1) is 0 Å². The van der Waals surface area contributed by atoms with Gasteiger partial charge in [0, 0.05) is 17.0 Å². The van der Waals surface area contributed by atoms with Gasteiger partial charge in [0.1, 0.15) is 0 Å². The van der Waals surface area contributed by atoms with E-state index in [1.54, 1.807) is 0 Å². The van der Waals surface area contributed by atoms with E-state index in [4.69, 9.17) is 0 Å². The third kappa shape index (κ3) is 2.12. The topological polar surface area (TPSA) is 12.0 Å². The molecule has 11 heavy (non-hydrogen) atoms. The highest BCUT2D eigenvalue weighted by atomic mass is 32.2. The Bertz CT molecular complexity index is 117. The van der Waals surface area contributed by atoms with Crippen molar-refractivity contribution in [1.82, 2.24) is 5.32 Å². The molecule has 1 heterocycles. The average Bonchev–Trinajstić information content (AvgIpc) is 2.36. The second-order valence-corrected chi connectivity index (χ2v) is 5.01. The van der Waals surface area contributed by atoms with Gasteiger partial charge in [0.25, 0.3) is 0 Å². The molecule has 1 atom stereocenters. The number of rotatable bonds is 3. The van der Waals surface area contributed by atoms with Crippen molar-refractivity contribution in [1.29, 1.82) is 0 Å². The molecular weight excluding hydrogens is 154 g/mol. The van der Waals surface area contributed by atoms with Gasteiger partial charge in [0.05, 0.1) is 0 Å². The maximum Gasteiger partial charge on any atom is 0.0158 e. The van der Waals surface area contributed by atoms with E-state index in [2.05, 4.69) is 17.1 Å². The van der Waals surface area contributed by atoms with Crippen molar-refractivity contribution in [3.05, 3.63) is 0 Å². The fourth-order valence-corrected chi connectivity index (χ4v) is 3.14. The van der Waals surface area contributed by atoms with Crippen LogP contribution in [0.1, 0.15) is 32.1 Å². The van der Waals surface area contributed by atoms with Crippen molar-refractivity contribution in [3.63, 3.8) is 0 Å². The summed E-state index contributed by atoms with van der Waals surface area (Å²) in [7, 11) is 0. The molecule has 0 spiro atoms. The number of nitrogens with one attached hydrogen (secondary N) is 1. The molecule has 1 aliphatic heterocycles. The summed E-state index contributed by atoms with van der Waals surface area (Å²) in [4.78, 5) is 0. The van der Waals surface area contributed by atoms with E-state index >= 15 is 0 Å². The molecule has 0 radical (unpaired) electrons. The third-order valence-electron chi connectivity index (χ3n) is 2.75. The molecule has 1 nitrogen and oxygen atoms in total. The van der Waals surface area contributed by atoms with E-state index < -0.39 is 0 Å². The van der Waals surface area contributed by atoms with Crippen LogP contribution in [0, 0.1) is 0 Å². The molecule has 1 unspecified atom stereocenters. The van der Waals surface area contributed by atoms with E-state index in [1.807, 2.05) is 0 Å². The van der Waals surface area contributed by atoms with E-state index in [9.17, 15) is 0 Å². The molecule has 0 aromatic heterocycles. The molecule has 0 aromatic rings. The summed E-state index contributed by atoms with van der Waals surface area (Å²) in [5, 5.41) is 4.56. The molecule has 2 aliphatic rings. The SMILES string of the molecule is C1CNC(CSC2CCC2)C1. The molecule has 0 amide bonds. The number of hydrogen-bond donors (Lipinski definition) is 1. The Hall–Kier alpha value is 0.310. The first-order chi connectivity index (χ1) is 5.45. The number of hydrogen-bond acceptors (Lipinski definition) is 2. The standard InChI is InChI=1S/C9H17NS/c1-4-9(5-1)11-7-8-3-2-6-10-8/h8-10H,1-7H2. The van der Waals surface area contributed by atoms with Crippen molar-refractivity contribution in [3.8, 4) is 0 Å². The van der Waals surface area contributed by atoms with Crippen molar-refractivity contribution in [2.24, 2.45) is 0 Å². The molecule has 1 aliphatic carbocycles. The van der Waals surface area contributed by atoms with Gasteiger partial charge in [-0.1, -0.05) is 6.42 Å². The Morgan fingerprint density at radius 3 is 2.64 bits per heavy atom. The third-order valence-corrected chi connectivity index (χ3v) is 4.29. The Kier molecular flexibility index (Phi) is 2.75. The Morgan fingerprint density at radius 2 is 2.09 bits per heavy atom. The predicted molar refractivity (Wildman–Crippen MR) is 51.1 cm³/mol. The fraction of sp³-hybridized carbons (Fsp3) is 1.00. The fourth-order valence-electron chi connectivity index (χ4n) is 1.69. The molecular formula is C9H17NS. The highest BCUT2D eigenvalue weighted by Gasteiger charge is 2.20. The van der Waals surface area contributed by atoms with Crippen molar-refractivity contribution < 1.29 is 0 Å².